The first-order valence-electron chi connectivity index (χ1n) is 11.2. The number of aromatic nitrogens is 3. The third kappa shape index (κ3) is 4.40. The van der Waals surface area contributed by atoms with E-state index in [0.29, 0.717) is 29.2 Å². The van der Waals surface area contributed by atoms with Gasteiger partial charge in [0.05, 0.1) is 11.4 Å². The fraction of sp³-hybridized carbons (Fsp3) is 0.400. The van der Waals surface area contributed by atoms with Crippen LogP contribution in [0.3, 0.4) is 0 Å². The Bertz CT molecular complexity index is 1130. The van der Waals surface area contributed by atoms with Gasteiger partial charge in [-0.1, -0.05) is 50.8 Å². The van der Waals surface area contributed by atoms with E-state index in [1.807, 2.05) is 18.3 Å². The van der Waals surface area contributed by atoms with Crippen LogP contribution in [0.1, 0.15) is 39.3 Å². The number of hydrogen-bond donors (Lipinski definition) is 1. The number of benzene rings is 1. The SMILES string of the molecule is CC(C)(C)c1cc(N2C3CCC2CN(c2cc(-c4ccccc4[O-])nnc2N)C3)ccn1.[Li+]. The van der Waals surface area contributed by atoms with Gasteiger partial charge in [0.2, 0.25) is 0 Å². The Morgan fingerprint density at radius 1 is 1.00 bits per heavy atom. The topological polar surface area (TPSA) is 94.2 Å². The van der Waals surface area contributed by atoms with Crippen molar-refractivity contribution in [3.05, 3.63) is 54.4 Å². The first kappa shape index (κ1) is 23.4. The maximum atomic E-state index is 12.3. The number of piperazine rings is 1. The minimum absolute atomic E-state index is 0. The molecule has 0 amide bonds. The van der Waals surface area contributed by atoms with Gasteiger partial charge in [-0.05, 0) is 36.6 Å². The molecule has 2 unspecified atom stereocenters. The Balaban J connectivity index is 0.00000259. The summed E-state index contributed by atoms with van der Waals surface area (Å²) in [6, 6.07) is 14.0. The van der Waals surface area contributed by atoms with Crippen LogP contribution in [0.5, 0.6) is 5.75 Å². The molecule has 2 bridgehead atoms. The first-order valence-corrected chi connectivity index (χ1v) is 11.2. The van der Waals surface area contributed by atoms with Gasteiger partial charge >= 0.3 is 18.9 Å². The quantitative estimate of drug-likeness (QED) is 0.592. The molecule has 2 aliphatic heterocycles. The van der Waals surface area contributed by atoms with E-state index in [9.17, 15) is 5.11 Å². The zero-order valence-electron chi connectivity index (χ0n) is 19.8. The van der Waals surface area contributed by atoms with Crippen molar-refractivity contribution in [3.8, 4) is 17.0 Å². The molecule has 5 rings (SSSR count). The third-order valence-corrected chi connectivity index (χ3v) is 6.60. The fourth-order valence-electron chi connectivity index (χ4n) is 4.97. The molecule has 0 aliphatic carbocycles. The fourth-order valence-corrected chi connectivity index (χ4v) is 4.97. The van der Waals surface area contributed by atoms with E-state index in [1.165, 1.54) is 5.69 Å². The Morgan fingerprint density at radius 3 is 2.36 bits per heavy atom. The summed E-state index contributed by atoms with van der Waals surface area (Å²) in [6.07, 6.45) is 4.21. The van der Waals surface area contributed by atoms with Crippen molar-refractivity contribution in [2.45, 2.75) is 51.1 Å². The van der Waals surface area contributed by atoms with Gasteiger partial charge in [-0.3, -0.25) is 4.98 Å². The monoisotopic (exact) mass is 436 g/mol. The minimum atomic E-state index is -0.0604. The summed E-state index contributed by atoms with van der Waals surface area (Å²) in [5.41, 5.74) is 10.6. The van der Waals surface area contributed by atoms with Gasteiger partial charge in [0.1, 0.15) is 0 Å². The van der Waals surface area contributed by atoms with Crippen LogP contribution < -0.4 is 39.5 Å². The van der Waals surface area contributed by atoms with Gasteiger partial charge in [-0.2, -0.15) is 0 Å². The number of anilines is 3. The Morgan fingerprint density at radius 2 is 1.70 bits per heavy atom. The van der Waals surface area contributed by atoms with E-state index in [1.54, 1.807) is 18.2 Å². The summed E-state index contributed by atoms with van der Waals surface area (Å²) in [7, 11) is 0. The molecule has 0 spiro atoms. The molecular formula is C25H29LiN6O. The Labute approximate surface area is 207 Å². The first-order chi connectivity index (χ1) is 15.3. The smallest absolute Gasteiger partial charge is 0.872 e. The van der Waals surface area contributed by atoms with Gasteiger partial charge in [0.25, 0.3) is 0 Å². The number of hydrogen-bond acceptors (Lipinski definition) is 7. The minimum Gasteiger partial charge on any atom is -0.872 e. The molecule has 2 atom stereocenters. The summed E-state index contributed by atoms with van der Waals surface area (Å²) < 4.78 is 0. The molecule has 33 heavy (non-hydrogen) atoms. The second-order valence-corrected chi connectivity index (χ2v) is 9.84. The predicted octanol–water partition coefficient (Wildman–Crippen LogP) is 0.354. The van der Waals surface area contributed by atoms with Crippen molar-refractivity contribution in [3.63, 3.8) is 0 Å². The van der Waals surface area contributed by atoms with E-state index >= 15 is 0 Å². The van der Waals surface area contributed by atoms with Crippen molar-refractivity contribution >= 4 is 17.2 Å². The predicted molar refractivity (Wildman–Crippen MR) is 126 cm³/mol. The van der Waals surface area contributed by atoms with Gasteiger partial charge in [0.15, 0.2) is 5.82 Å². The van der Waals surface area contributed by atoms with Crippen molar-refractivity contribution in [2.75, 3.05) is 28.6 Å². The largest absolute Gasteiger partial charge is 1.00 e. The van der Waals surface area contributed by atoms with Crippen molar-refractivity contribution < 1.29 is 24.0 Å². The van der Waals surface area contributed by atoms with Crippen molar-refractivity contribution in [1.29, 1.82) is 0 Å². The molecule has 2 saturated heterocycles. The molecule has 7 nitrogen and oxygen atoms in total. The van der Waals surface area contributed by atoms with Crippen LogP contribution in [0.4, 0.5) is 17.2 Å². The third-order valence-electron chi connectivity index (χ3n) is 6.60. The van der Waals surface area contributed by atoms with Crippen LogP contribution in [-0.2, 0) is 5.41 Å². The van der Waals surface area contributed by atoms with E-state index in [2.05, 4.69) is 57.9 Å². The Hall–Kier alpha value is -2.75. The number of pyridine rings is 1. The normalized spacial score (nSPS) is 20.0. The molecule has 0 saturated carbocycles. The molecule has 4 heterocycles. The summed E-state index contributed by atoms with van der Waals surface area (Å²) in [4.78, 5) is 9.47. The van der Waals surface area contributed by atoms with Crippen LogP contribution in [0, 0.1) is 0 Å². The van der Waals surface area contributed by atoms with Crippen molar-refractivity contribution in [1.82, 2.24) is 15.2 Å². The molecule has 2 aliphatic rings. The van der Waals surface area contributed by atoms with Gasteiger partial charge in [0, 0.05) is 48.2 Å². The second kappa shape index (κ2) is 8.89. The molecular weight excluding hydrogens is 407 g/mol. The second-order valence-electron chi connectivity index (χ2n) is 9.84. The molecule has 2 N–H and O–H groups in total. The number of rotatable bonds is 3. The van der Waals surface area contributed by atoms with Gasteiger partial charge in [-0.15, -0.1) is 10.2 Å². The molecule has 166 valence electrons. The standard InChI is InChI=1S/C25H30N6O.Li/c1-25(2,3)23-12-16(10-11-27-23)31-17-8-9-18(31)15-30(14-17)21-13-20(28-29-24(21)26)19-6-4-5-7-22(19)32;/h4-7,10-13,17-18,32H,8-9,14-15H2,1-3H3,(H2,26,29);/q;+1/p-1. The van der Waals surface area contributed by atoms with E-state index in [-0.39, 0.29) is 30.0 Å². The Kier molecular flexibility index (Phi) is 6.30. The maximum Gasteiger partial charge on any atom is 1.00 e. The number of fused-ring (bicyclic) bond motifs is 2. The molecule has 2 fully saturated rings. The van der Waals surface area contributed by atoms with E-state index < -0.39 is 0 Å². The van der Waals surface area contributed by atoms with Crippen LogP contribution in [0.25, 0.3) is 11.3 Å². The summed E-state index contributed by atoms with van der Waals surface area (Å²) in [6.45, 7) is 8.31. The van der Waals surface area contributed by atoms with Gasteiger partial charge in [-0.25, -0.2) is 0 Å². The number of nitrogens with zero attached hydrogens (tertiary/aromatic N) is 5. The molecule has 3 aromatic rings. The average molecular weight is 436 g/mol. The van der Waals surface area contributed by atoms with E-state index in [0.717, 1.165) is 37.3 Å². The summed E-state index contributed by atoms with van der Waals surface area (Å²) in [5, 5.41) is 20.7. The molecule has 1 aromatic carbocycles. The summed E-state index contributed by atoms with van der Waals surface area (Å²) in [5.74, 6) is 0.346. The number of para-hydroxylation sites is 1. The van der Waals surface area contributed by atoms with Crippen LogP contribution in [0.2, 0.25) is 0 Å². The van der Waals surface area contributed by atoms with Crippen LogP contribution in [0.15, 0.2) is 48.7 Å². The molecule has 0 radical (unpaired) electrons. The zero-order chi connectivity index (χ0) is 22.5. The maximum absolute atomic E-state index is 12.3. The summed E-state index contributed by atoms with van der Waals surface area (Å²) >= 11 is 0. The van der Waals surface area contributed by atoms with Crippen molar-refractivity contribution in [2.24, 2.45) is 0 Å². The molecule has 8 heteroatoms. The zero-order valence-corrected chi connectivity index (χ0v) is 19.8. The number of nitrogens with two attached hydrogens (primary N) is 1. The van der Waals surface area contributed by atoms with Crippen LogP contribution >= 0.6 is 0 Å². The van der Waals surface area contributed by atoms with Gasteiger partial charge < -0.3 is 20.6 Å². The molecule has 2 aromatic heterocycles. The van der Waals surface area contributed by atoms with Crippen LogP contribution in [-0.4, -0.2) is 40.4 Å². The number of nitrogen functional groups attached to an aromatic ring is 1. The average Bonchev–Trinajstić information content (AvgIpc) is 3.03. The van der Waals surface area contributed by atoms with E-state index in [4.69, 9.17) is 5.73 Å².